The van der Waals surface area contributed by atoms with E-state index in [1.165, 1.54) is 0 Å². The minimum Gasteiger partial charge on any atom is -0.480 e. The monoisotopic (exact) mass is 324 g/mol. The van der Waals surface area contributed by atoms with Crippen LogP contribution in [0, 0.1) is 11.3 Å². The van der Waals surface area contributed by atoms with E-state index in [4.69, 9.17) is 10.4 Å². The number of carbonyl (C=O) groups excluding carboxylic acids is 1. The van der Waals surface area contributed by atoms with Crippen LogP contribution in [0.3, 0.4) is 0 Å². The highest BCUT2D eigenvalue weighted by atomic mass is 79.9. The second kappa shape index (κ2) is 7.54. The minimum atomic E-state index is -1.10. The zero-order valence-corrected chi connectivity index (χ0v) is 11.7. The summed E-state index contributed by atoms with van der Waals surface area (Å²) in [6.07, 6.45) is 0.950. The first-order valence-corrected chi connectivity index (χ1v) is 6.50. The number of nitrogens with zero attached hydrogens (tertiary/aromatic N) is 1. The van der Waals surface area contributed by atoms with Gasteiger partial charge in [-0.25, -0.2) is 4.79 Å². The number of nitriles is 1. The van der Waals surface area contributed by atoms with Gasteiger partial charge in [0.2, 0.25) is 0 Å². The van der Waals surface area contributed by atoms with Crippen molar-refractivity contribution in [1.29, 1.82) is 5.26 Å². The number of carbonyl (C=O) groups is 2. The summed E-state index contributed by atoms with van der Waals surface area (Å²) < 4.78 is 0.747. The predicted octanol–water partition coefficient (Wildman–Crippen LogP) is 2.33. The van der Waals surface area contributed by atoms with E-state index in [1.807, 2.05) is 6.07 Å². The standard InChI is InChI=1S/C13H13BrN2O3/c14-10-5-3-4-9(8-10)12(17)16-11(13(18)19)6-1-2-7-15/h3-5,8,11H,1-2,6H2,(H,16,17)(H,18,19)/t11-/m1/s1. The van der Waals surface area contributed by atoms with Gasteiger partial charge >= 0.3 is 5.97 Å². The van der Waals surface area contributed by atoms with Crippen LogP contribution in [0.1, 0.15) is 29.6 Å². The largest absolute Gasteiger partial charge is 0.480 e. The Kier molecular flexibility index (Phi) is 6.03. The lowest BCUT2D eigenvalue weighted by atomic mass is 10.1. The molecule has 0 aliphatic carbocycles. The maximum atomic E-state index is 11.9. The van der Waals surface area contributed by atoms with E-state index >= 15 is 0 Å². The number of hydrogen-bond acceptors (Lipinski definition) is 3. The molecule has 0 aliphatic rings. The average molecular weight is 325 g/mol. The van der Waals surface area contributed by atoms with Crippen molar-refractivity contribution in [3.8, 4) is 6.07 Å². The fraction of sp³-hybridized carbons (Fsp3) is 0.308. The topological polar surface area (TPSA) is 90.2 Å². The summed E-state index contributed by atoms with van der Waals surface area (Å²) in [7, 11) is 0. The second-order valence-corrected chi connectivity index (χ2v) is 4.84. The van der Waals surface area contributed by atoms with Crippen LogP contribution in [0.5, 0.6) is 0 Å². The average Bonchev–Trinajstić information content (AvgIpc) is 2.37. The number of carboxylic acids is 1. The third-order valence-corrected chi connectivity index (χ3v) is 2.96. The smallest absolute Gasteiger partial charge is 0.326 e. The molecule has 0 aliphatic heterocycles. The summed E-state index contributed by atoms with van der Waals surface area (Å²) in [5.74, 6) is -1.54. The van der Waals surface area contributed by atoms with Crippen molar-refractivity contribution in [2.24, 2.45) is 0 Å². The third kappa shape index (κ3) is 5.10. The molecule has 1 atom stereocenters. The zero-order chi connectivity index (χ0) is 14.3. The predicted molar refractivity (Wildman–Crippen MR) is 72.5 cm³/mol. The van der Waals surface area contributed by atoms with Crippen molar-refractivity contribution in [3.05, 3.63) is 34.3 Å². The van der Waals surface area contributed by atoms with Crippen LogP contribution in [0.4, 0.5) is 0 Å². The van der Waals surface area contributed by atoms with Gasteiger partial charge in [0.25, 0.3) is 5.91 Å². The van der Waals surface area contributed by atoms with Crippen LogP contribution < -0.4 is 5.32 Å². The maximum Gasteiger partial charge on any atom is 0.326 e. The van der Waals surface area contributed by atoms with Crippen LogP contribution in [-0.2, 0) is 4.79 Å². The number of unbranched alkanes of at least 4 members (excludes halogenated alkanes) is 1. The number of carboxylic acid groups (broad SMARTS) is 1. The summed E-state index contributed by atoms with van der Waals surface area (Å²) in [4.78, 5) is 22.9. The molecule has 0 spiro atoms. The normalized spacial score (nSPS) is 11.4. The van der Waals surface area contributed by atoms with E-state index in [2.05, 4.69) is 21.2 Å². The SMILES string of the molecule is N#CCCC[C@@H](NC(=O)c1cccc(Br)c1)C(=O)O. The molecule has 1 aromatic carbocycles. The van der Waals surface area contributed by atoms with Gasteiger partial charge in [-0.15, -0.1) is 0 Å². The summed E-state index contributed by atoms with van der Waals surface area (Å²) >= 11 is 3.24. The Labute approximate surface area is 119 Å². The number of nitrogens with one attached hydrogen (secondary N) is 1. The lowest BCUT2D eigenvalue weighted by molar-refractivity contribution is -0.139. The molecule has 2 N–H and O–H groups in total. The fourth-order valence-electron chi connectivity index (χ4n) is 1.51. The van der Waals surface area contributed by atoms with E-state index < -0.39 is 17.9 Å². The van der Waals surface area contributed by atoms with Gasteiger partial charge in [0, 0.05) is 16.5 Å². The van der Waals surface area contributed by atoms with Crippen molar-refractivity contribution < 1.29 is 14.7 Å². The lowest BCUT2D eigenvalue weighted by Crippen LogP contribution is -2.40. The first kappa shape index (κ1) is 15.2. The summed E-state index contributed by atoms with van der Waals surface area (Å²) in [5, 5.41) is 19.9. The van der Waals surface area contributed by atoms with Crippen LogP contribution in [-0.4, -0.2) is 23.0 Å². The highest BCUT2D eigenvalue weighted by Crippen LogP contribution is 2.12. The molecule has 1 aromatic rings. The van der Waals surface area contributed by atoms with Gasteiger partial charge < -0.3 is 10.4 Å². The lowest BCUT2D eigenvalue weighted by Gasteiger charge is -2.13. The molecule has 1 amide bonds. The number of halogens is 1. The van der Waals surface area contributed by atoms with Gasteiger partial charge in [0.1, 0.15) is 6.04 Å². The number of rotatable bonds is 6. The molecule has 0 saturated heterocycles. The zero-order valence-electron chi connectivity index (χ0n) is 10.1. The van der Waals surface area contributed by atoms with Gasteiger partial charge in [-0.2, -0.15) is 5.26 Å². The number of hydrogen-bond donors (Lipinski definition) is 2. The molecular formula is C13H13BrN2O3. The van der Waals surface area contributed by atoms with E-state index in [-0.39, 0.29) is 12.8 Å². The number of aliphatic carboxylic acids is 1. The Hall–Kier alpha value is -1.87. The Morgan fingerprint density at radius 2 is 2.21 bits per heavy atom. The highest BCUT2D eigenvalue weighted by molar-refractivity contribution is 9.10. The van der Waals surface area contributed by atoms with Gasteiger partial charge in [0.05, 0.1) is 6.07 Å². The molecule has 0 aromatic heterocycles. The van der Waals surface area contributed by atoms with E-state index in [9.17, 15) is 9.59 Å². The Morgan fingerprint density at radius 3 is 2.79 bits per heavy atom. The first-order valence-electron chi connectivity index (χ1n) is 5.70. The van der Waals surface area contributed by atoms with Crippen molar-refractivity contribution >= 4 is 27.8 Å². The molecule has 100 valence electrons. The van der Waals surface area contributed by atoms with Crippen molar-refractivity contribution in [3.63, 3.8) is 0 Å². The number of benzene rings is 1. The summed E-state index contributed by atoms with van der Waals surface area (Å²) in [6.45, 7) is 0. The second-order valence-electron chi connectivity index (χ2n) is 3.92. The molecule has 0 bridgehead atoms. The van der Waals surface area contributed by atoms with Crippen LogP contribution >= 0.6 is 15.9 Å². The number of amides is 1. The van der Waals surface area contributed by atoms with Crippen molar-refractivity contribution in [1.82, 2.24) is 5.32 Å². The van der Waals surface area contributed by atoms with Gasteiger partial charge in [-0.1, -0.05) is 22.0 Å². The quantitative estimate of drug-likeness (QED) is 0.786. The van der Waals surface area contributed by atoms with Gasteiger partial charge in [0.15, 0.2) is 0 Å². The Bertz CT molecular complexity index is 511. The highest BCUT2D eigenvalue weighted by Gasteiger charge is 2.20. The molecule has 19 heavy (non-hydrogen) atoms. The molecule has 0 saturated carbocycles. The van der Waals surface area contributed by atoms with Crippen LogP contribution in [0.15, 0.2) is 28.7 Å². The molecular weight excluding hydrogens is 312 g/mol. The Morgan fingerprint density at radius 1 is 1.47 bits per heavy atom. The van der Waals surface area contributed by atoms with Crippen LogP contribution in [0.2, 0.25) is 0 Å². The minimum absolute atomic E-state index is 0.239. The summed E-state index contributed by atoms with van der Waals surface area (Å²) in [5.41, 5.74) is 0.390. The molecule has 0 heterocycles. The van der Waals surface area contributed by atoms with Crippen molar-refractivity contribution in [2.75, 3.05) is 0 Å². The molecule has 0 radical (unpaired) electrons. The van der Waals surface area contributed by atoms with Crippen LogP contribution in [0.25, 0.3) is 0 Å². The van der Waals surface area contributed by atoms with E-state index in [1.54, 1.807) is 24.3 Å². The van der Waals surface area contributed by atoms with Gasteiger partial charge in [-0.3, -0.25) is 4.79 Å². The third-order valence-electron chi connectivity index (χ3n) is 2.47. The maximum absolute atomic E-state index is 11.9. The van der Waals surface area contributed by atoms with E-state index in [0.717, 1.165) is 4.47 Å². The first-order chi connectivity index (χ1) is 9.04. The van der Waals surface area contributed by atoms with Crippen molar-refractivity contribution in [2.45, 2.75) is 25.3 Å². The molecule has 5 nitrogen and oxygen atoms in total. The molecule has 0 fully saturated rings. The Balaban J connectivity index is 2.66. The fourth-order valence-corrected chi connectivity index (χ4v) is 1.91. The molecule has 6 heteroatoms. The molecule has 1 rings (SSSR count). The molecule has 0 unspecified atom stereocenters. The van der Waals surface area contributed by atoms with E-state index in [0.29, 0.717) is 12.0 Å². The van der Waals surface area contributed by atoms with Gasteiger partial charge in [-0.05, 0) is 31.0 Å². The summed E-state index contributed by atoms with van der Waals surface area (Å²) in [6, 6.07) is 7.67.